The number of rotatable bonds is 4. The summed E-state index contributed by atoms with van der Waals surface area (Å²) in [6, 6.07) is 5.67. The van der Waals surface area contributed by atoms with Crippen LogP contribution in [0.3, 0.4) is 0 Å². The third-order valence-electron chi connectivity index (χ3n) is 3.69. The standard InChI is InChI=1S/C18H16N2O4S2/c1-23-16(21)12-6-4-5-9-20(15(12)17(22)24-2)11-7-8-13-14(10-11)26-18(19-13)25-3/h4-10H,1-3H3. The van der Waals surface area contributed by atoms with Crippen LogP contribution in [0.5, 0.6) is 0 Å². The summed E-state index contributed by atoms with van der Waals surface area (Å²) in [5, 5.41) is 0. The largest absolute Gasteiger partial charge is 0.465 e. The van der Waals surface area contributed by atoms with Crippen molar-refractivity contribution in [1.82, 2.24) is 4.98 Å². The molecule has 134 valence electrons. The van der Waals surface area contributed by atoms with Crippen molar-refractivity contribution >= 4 is 50.9 Å². The number of hydrogen-bond donors (Lipinski definition) is 0. The van der Waals surface area contributed by atoms with Gasteiger partial charge in [-0.1, -0.05) is 17.8 Å². The van der Waals surface area contributed by atoms with Crippen LogP contribution in [0.2, 0.25) is 0 Å². The zero-order valence-electron chi connectivity index (χ0n) is 14.4. The number of aromatic nitrogens is 1. The number of fused-ring (bicyclic) bond motifs is 1. The summed E-state index contributed by atoms with van der Waals surface area (Å²) in [4.78, 5) is 30.8. The highest BCUT2D eigenvalue weighted by atomic mass is 32.2. The molecule has 0 atom stereocenters. The fourth-order valence-corrected chi connectivity index (χ4v) is 4.02. The van der Waals surface area contributed by atoms with Crippen LogP contribution in [0.15, 0.2) is 58.2 Å². The lowest BCUT2D eigenvalue weighted by molar-refractivity contribution is -0.139. The number of benzene rings is 1. The Kier molecular flexibility index (Phi) is 5.43. The molecule has 0 amide bonds. The lowest BCUT2D eigenvalue weighted by Gasteiger charge is -2.23. The molecule has 0 bridgehead atoms. The molecule has 1 aromatic carbocycles. The van der Waals surface area contributed by atoms with Gasteiger partial charge < -0.3 is 14.4 Å². The van der Waals surface area contributed by atoms with Gasteiger partial charge >= 0.3 is 11.9 Å². The van der Waals surface area contributed by atoms with E-state index in [4.69, 9.17) is 9.47 Å². The molecule has 3 rings (SSSR count). The molecule has 8 heteroatoms. The first kappa shape index (κ1) is 18.2. The number of carbonyl (C=O) groups excluding carboxylic acids is 2. The number of carbonyl (C=O) groups is 2. The summed E-state index contributed by atoms with van der Waals surface area (Å²) in [5.74, 6) is -1.24. The molecule has 0 radical (unpaired) electrons. The number of thioether (sulfide) groups is 1. The van der Waals surface area contributed by atoms with E-state index < -0.39 is 11.9 Å². The van der Waals surface area contributed by atoms with Gasteiger partial charge in [0.15, 0.2) is 4.34 Å². The maximum Gasteiger partial charge on any atom is 0.355 e. The van der Waals surface area contributed by atoms with Crippen molar-refractivity contribution in [2.45, 2.75) is 4.34 Å². The summed E-state index contributed by atoms with van der Waals surface area (Å²) in [6.07, 6.45) is 8.62. The van der Waals surface area contributed by atoms with E-state index in [-0.39, 0.29) is 11.3 Å². The number of thiazole rings is 1. The highest BCUT2D eigenvalue weighted by Crippen LogP contribution is 2.33. The van der Waals surface area contributed by atoms with Crippen LogP contribution in [-0.2, 0) is 19.1 Å². The minimum Gasteiger partial charge on any atom is -0.465 e. The van der Waals surface area contributed by atoms with E-state index in [1.165, 1.54) is 20.3 Å². The molecule has 0 unspecified atom stereocenters. The van der Waals surface area contributed by atoms with Crippen LogP contribution in [0.4, 0.5) is 5.69 Å². The third kappa shape index (κ3) is 3.38. The number of methoxy groups -OCH3 is 2. The molecule has 6 nitrogen and oxygen atoms in total. The van der Waals surface area contributed by atoms with Gasteiger partial charge in [-0.05, 0) is 36.6 Å². The van der Waals surface area contributed by atoms with Crippen LogP contribution in [0, 0.1) is 0 Å². The van der Waals surface area contributed by atoms with Gasteiger partial charge in [-0.3, -0.25) is 0 Å². The van der Waals surface area contributed by atoms with Gasteiger partial charge in [0, 0.05) is 11.9 Å². The first-order valence-corrected chi connectivity index (χ1v) is 9.62. The molecule has 2 heterocycles. The predicted molar refractivity (Wildman–Crippen MR) is 103 cm³/mol. The van der Waals surface area contributed by atoms with Crippen molar-refractivity contribution in [2.24, 2.45) is 0 Å². The van der Waals surface area contributed by atoms with Gasteiger partial charge in [-0.15, -0.1) is 11.3 Å². The number of allylic oxidation sites excluding steroid dienone is 2. The minimum absolute atomic E-state index is 0.0957. The normalized spacial score (nSPS) is 13.9. The maximum absolute atomic E-state index is 12.4. The Labute approximate surface area is 158 Å². The summed E-state index contributed by atoms with van der Waals surface area (Å²) >= 11 is 3.15. The predicted octanol–water partition coefficient (Wildman–Crippen LogP) is 3.51. The zero-order chi connectivity index (χ0) is 18.7. The molecule has 1 aliphatic heterocycles. The smallest absolute Gasteiger partial charge is 0.355 e. The second kappa shape index (κ2) is 7.76. The molecule has 26 heavy (non-hydrogen) atoms. The van der Waals surface area contributed by atoms with E-state index in [1.807, 2.05) is 24.5 Å². The number of nitrogens with zero attached hydrogens (tertiary/aromatic N) is 2. The number of ether oxygens (including phenoxy) is 2. The molecule has 0 fully saturated rings. The Balaban J connectivity index is 2.16. The Morgan fingerprint density at radius 2 is 1.92 bits per heavy atom. The van der Waals surface area contributed by atoms with Crippen LogP contribution in [0.25, 0.3) is 10.2 Å². The quantitative estimate of drug-likeness (QED) is 0.586. The lowest BCUT2D eigenvalue weighted by atomic mass is 10.1. The molecule has 1 aromatic heterocycles. The number of anilines is 1. The topological polar surface area (TPSA) is 68.7 Å². The molecule has 1 aliphatic rings. The van der Waals surface area contributed by atoms with E-state index in [1.54, 1.807) is 46.4 Å². The molecule has 0 saturated heterocycles. The third-order valence-corrected chi connectivity index (χ3v) is 5.70. The van der Waals surface area contributed by atoms with E-state index in [2.05, 4.69) is 4.98 Å². The fraction of sp³-hybridized carbons (Fsp3) is 0.167. The molecule has 0 saturated carbocycles. The lowest BCUT2D eigenvalue weighted by Crippen LogP contribution is -2.26. The molecule has 0 aliphatic carbocycles. The van der Waals surface area contributed by atoms with Crippen LogP contribution >= 0.6 is 23.1 Å². The Morgan fingerprint density at radius 1 is 1.15 bits per heavy atom. The van der Waals surface area contributed by atoms with Gasteiger partial charge in [-0.2, -0.15) is 0 Å². The SMILES string of the molecule is COC(=O)C1=C(C(=O)OC)N(c2ccc3nc(SC)sc3c2)C=CC=C1. The van der Waals surface area contributed by atoms with Crippen molar-refractivity contribution in [3.63, 3.8) is 0 Å². The molecular formula is C18H16N2O4S2. The summed E-state index contributed by atoms with van der Waals surface area (Å²) in [6.45, 7) is 0. The molecule has 0 N–H and O–H groups in total. The van der Waals surface area contributed by atoms with Crippen molar-refractivity contribution in [1.29, 1.82) is 0 Å². The van der Waals surface area contributed by atoms with Crippen molar-refractivity contribution < 1.29 is 19.1 Å². The zero-order valence-corrected chi connectivity index (χ0v) is 16.0. The van der Waals surface area contributed by atoms with Gasteiger partial charge in [-0.25, -0.2) is 14.6 Å². The number of hydrogen-bond acceptors (Lipinski definition) is 8. The average Bonchev–Trinajstić information content (AvgIpc) is 2.96. The van der Waals surface area contributed by atoms with E-state index in [0.29, 0.717) is 0 Å². The van der Waals surface area contributed by atoms with Crippen molar-refractivity contribution in [2.75, 3.05) is 25.4 Å². The van der Waals surface area contributed by atoms with Gasteiger partial charge in [0.25, 0.3) is 0 Å². The maximum atomic E-state index is 12.4. The van der Waals surface area contributed by atoms with Gasteiger partial charge in [0.2, 0.25) is 0 Å². The fourth-order valence-electron chi connectivity index (χ4n) is 2.49. The summed E-state index contributed by atoms with van der Waals surface area (Å²) in [7, 11) is 2.55. The second-order valence-corrected chi connectivity index (χ2v) is 7.24. The van der Waals surface area contributed by atoms with Crippen molar-refractivity contribution in [3.8, 4) is 0 Å². The average molecular weight is 388 g/mol. The summed E-state index contributed by atoms with van der Waals surface area (Å²) in [5.41, 5.74) is 1.82. The highest BCUT2D eigenvalue weighted by Gasteiger charge is 2.27. The Bertz CT molecular complexity index is 959. The van der Waals surface area contributed by atoms with Gasteiger partial charge in [0.1, 0.15) is 5.70 Å². The van der Waals surface area contributed by atoms with Crippen LogP contribution in [-0.4, -0.2) is 37.4 Å². The summed E-state index contributed by atoms with van der Waals surface area (Å²) < 4.78 is 11.7. The highest BCUT2D eigenvalue weighted by molar-refractivity contribution is 8.00. The van der Waals surface area contributed by atoms with E-state index >= 15 is 0 Å². The van der Waals surface area contributed by atoms with Crippen LogP contribution < -0.4 is 4.90 Å². The monoisotopic (exact) mass is 388 g/mol. The first-order valence-electron chi connectivity index (χ1n) is 7.58. The van der Waals surface area contributed by atoms with E-state index in [0.717, 1.165) is 20.2 Å². The van der Waals surface area contributed by atoms with E-state index in [9.17, 15) is 9.59 Å². The van der Waals surface area contributed by atoms with Crippen molar-refractivity contribution in [3.05, 3.63) is 53.9 Å². The Hall–Kier alpha value is -2.58. The molecule has 0 spiro atoms. The van der Waals surface area contributed by atoms with Crippen LogP contribution in [0.1, 0.15) is 0 Å². The number of esters is 2. The first-order chi connectivity index (χ1) is 12.6. The second-order valence-electron chi connectivity index (χ2n) is 5.15. The van der Waals surface area contributed by atoms with Gasteiger partial charge in [0.05, 0.1) is 30.0 Å². The Morgan fingerprint density at radius 3 is 2.62 bits per heavy atom. The minimum atomic E-state index is -0.629. The molecular weight excluding hydrogens is 372 g/mol. The molecule has 2 aromatic rings.